The SMILES string of the molecule is CCOC(=O)c1ccc(C(=O)C(C)Cl)o1. The Kier molecular flexibility index (Phi) is 3.91. The van der Waals surface area contributed by atoms with Crippen LogP contribution in [0.3, 0.4) is 0 Å². The third-order valence-electron chi connectivity index (χ3n) is 1.69. The molecule has 0 aliphatic heterocycles. The molecule has 0 spiro atoms. The molecule has 0 amide bonds. The molecule has 0 bridgehead atoms. The molecule has 0 saturated heterocycles. The second-order valence-electron chi connectivity index (χ2n) is 2.86. The predicted octanol–water partition coefficient (Wildman–Crippen LogP) is 2.27. The highest BCUT2D eigenvalue weighted by Crippen LogP contribution is 2.13. The summed E-state index contributed by atoms with van der Waals surface area (Å²) in [5, 5.41) is -0.675. The first-order valence-electron chi connectivity index (χ1n) is 4.51. The molecular formula is C10H11ClO4. The van der Waals surface area contributed by atoms with E-state index < -0.39 is 11.3 Å². The maximum atomic E-state index is 11.4. The molecule has 0 N–H and O–H groups in total. The predicted molar refractivity (Wildman–Crippen MR) is 54.3 cm³/mol. The van der Waals surface area contributed by atoms with Crippen LogP contribution < -0.4 is 0 Å². The lowest BCUT2D eigenvalue weighted by atomic mass is 10.2. The number of halogens is 1. The van der Waals surface area contributed by atoms with E-state index in [1.807, 2.05) is 0 Å². The van der Waals surface area contributed by atoms with Crippen LogP contribution in [0.15, 0.2) is 16.5 Å². The van der Waals surface area contributed by atoms with E-state index in [-0.39, 0.29) is 23.9 Å². The van der Waals surface area contributed by atoms with Crippen LogP contribution in [0.4, 0.5) is 0 Å². The third kappa shape index (κ3) is 2.83. The van der Waals surface area contributed by atoms with E-state index in [1.165, 1.54) is 19.1 Å². The van der Waals surface area contributed by atoms with Gasteiger partial charge >= 0.3 is 5.97 Å². The molecule has 5 heteroatoms. The fraction of sp³-hybridized carbons (Fsp3) is 0.400. The summed E-state index contributed by atoms with van der Waals surface area (Å²) in [6.45, 7) is 3.49. The van der Waals surface area contributed by atoms with E-state index in [1.54, 1.807) is 6.92 Å². The summed E-state index contributed by atoms with van der Waals surface area (Å²) in [4.78, 5) is 22.6. The van der Waals surface area contributed by atoms with E-state index in [4.69, 9.17) is 20.8 Å². The summed E-state index contributed by atoms with van der Waals surface area (Å²) < 4.78 is 9.72. The molecule has 1 rings (SSSR count). The van der Waals surface area contributed by atoms with Gasteiger partial charge in [0.05, 0.1) is 12.0 Å². The first-order chi connectivity index (χ1) is 7.06. The van der Waals surface area contributed by atoms with Crippen molar-refractivity contribution < 1.29 is 18.7 Å². The zero-order valence-electron chi connectivity index (χ0n) is 8.45. The van der Waals surface area contributed by atoms with Gasteiger partial charge in [-0.05, 0) is 26.0 Å². The van der Waals surface area contributed by atoms with Crippen molar-refractivity contribution in [2.24, 2.45) is 0 Å². The number of alkyl halides is 1. The summed E-state index contributed by atoms with van der Waals surface area (Å²) in [6.07, 6.45) is 0. The molecule has 1 aromatic rings. The Morgan fingerprint density at radius 3 is 2.60 bits per heavy atom. The minimum atomic E-state index is -0.675. The van der Waals surface area contributed by atoms with Gasteiger partial charge < -0.3 is 9.15 Å². The van der Waals surface area contributed by atoms with Crippen molar-refractivity contribution in [2.45, 2.75) is 19.2 Å². The number of carbonyl (C=O) groups excluding carboxylic acids is 2. The lowest BCUT2D eigenvalue weighted by molar-refractivity contribution is 0.0488. The van der Waals surface area contributed by atoms with Crippen molar-refractivity contribution in [3.8, 4) is 0 Å². The van der Waals surface area contributed by atoms with Crippen LogP contribution in [0.1, 0.15) is 35.0 Å². The van der Waals surface area contributed by atoms with Gasteiger partial charge in [0.25, 0.3) is 0 Å². The summed E-state index contributed by atoms with van der Waals surface area (Å²) in [5.74, 6) is -0.857. The van der Waals surface area contributed by atoms with Crippen LogP contribution >= 0.6 is 11.6 Å². The first-order valence-corrected chi connectivity index (χ1v) is 4.95. The largest absolute Gasteiger partial charge is 0.460 e. The standard InChI is InChI=1S/C10H11ClO4/c1-3-14-10(13)8-5-4-7(15-8)9(12)6(2)11/h4-6H,3H2,1-2H3. The number of ketones is 1. The van der Waals surface area contributed by atoms with Crippen LogP contribution in [0.2, 0.25) is 0 Å². The van der Waals surface area contributed by atoms with Crippen LogP contribution in [0, 0.1) is 0 Å². The zero-order chi connectivity index (χ0) is 11.4. The average Bonchev–Trinajstić information content (AvgIpc) is 2.65. The van der Waals surface area contributed by atoms with Gasteiger partial charge in [0, 0.05) is 0 Å². The van der Waals surface area contributed by atoms with Gasteiger partial charge in [-0.3, -0.25) is 4.79 Å². The van der Waals surface area contributed by atoms with Crippen molar-refractivity contribution in [2.75, 3.05) is 6.61 Å². The highest BCUT2D eigenvalue weighted by molar-refractivity contribution is 6.33. The number of carbonyl (C=O) groups is 2. The highest BCUT2D eigenvalue weighted by atomic mass is 35.5. The Bertz CT molecular complexity index is 367. The molecule has 1 heterocycles. The average molecular weight is 231 g/mol. The van der Waals surface area contributed by atoms with Gasteiger partial charge in [-0.2, -0.15) is 0 Å². The molecule has 4 nitrogen and oxygen atoms in total. The van der Waals surface area contributed by atoms with E-state index in [2.05, 4.69) is 0 Å². The van der Waals surface area contributed by atoms with Crippen LogP contribution in [-0.4, -0.2) is 23.7 Å². The quantitative estimate of drug-likeness (QED) is 0.452. The monoisotopic (exact) mass is 230 g/mol. The van der Waals surface area contributed by atoms with Crippen molar-refractivity contribution in [1.82, 2.24) is 0 Å². The molecule has 0 radical (unpaired) electrons. The second-order valence-corrected chi connectivity index (χ2v) is 3.52. The molecule has 1 atom stereocenters. The smallest absolute Gasteiger partial charge is 0.374 e. The minimum Gasteiger partial charge on any atom is -0.460 e. The molecule has 82 valence electrons. The Morgan fingerprint density at radius 1 is 1.47 bits per heavy atom. The van der Waals surface area contributed by atoms with Crippen molar-refractivity contribution >= 4 is 23.4 Å². The van der Waals surface area contributed by atoms with E-state index in [0.29, 0.717) is 0 Å². The molecule has 1 unspecified atom stereocenters. The number of hydrogen-bond donors (Lipinski definition) is 0. The maximum Gasteiger partial charge on any atom is 0.374 e. The molecule has 0 aliphatic rings. The fourth-order valence-electron chi connectivity index (χ4n) is 0.978. The van der Waals surface area contributed by atoms with Gasteiger partial charge in [-0.1, -0.05) is 0 Å². The number of furan rings is 1. The minimum absolute atomic E-state index is 0.0116. The lowest BCUT2D eigenvalue weighted by Gasteiger charge is -1.98. The lowest BCUT2D eigenvalue weighted by Crippen LogP contribution is -2.09. The number of hydrogen-bond acceptors (Lipinski definition) is 4. The number of rotatable bonds is 4. The third-order valence-corrected chi connectivity index (χ3v) is 1.88. The van der Waals surface area contributed by atoms with Crippen LogP contribution in [0.5, 0.6) is 0 Å². The molecule has 1 aromatic heterocycles. The summed E-state index contributed by atoms with van der Waals surface area (Å²) in [6, 6.07) is 2.80. The van der Waals surface area contributed by atoms with Crippen LogP contribution in [0.25, 0.3) is 0 Å². The van der Waals surface area contributed by atoms with Gasteiger partial charge in [-0.25, -0.2) is 4.79 Å². The topological polar surface area (TPSA) is 56.5 Å². The molecular weight excluding hydrogens is 220 g/mol. The Balaban J connectivity index is 2.80. The number of ether oxygens (including phenoxy) is 1. The zero-order valence-corrected chi connectivity index (χ0v) is 9.21. The van der Waals surface area contributed by atoms with E-state index in [0.717, 1.165) is 0 Å². The summed E-state index contributed by atoms with van der Waals surface area (Å²) in [7, 11) is 0. The van der Waals surface area contributed by atoms with Gasteiger partial charge in [-0.15, -0.1) is 11.6 Å². The molecule has 0 aliphatic carbocycles. The first kappa shape index (κ1) is 11.8. The van der Waals surface area contributed by atoms with Gasteiger partial charge in [0.1, 0.15) is 0 Å². The molecule has 0 saturated carbocycles. The second kappa shape index (κ2) is 4.98. The molecule has 15 heavy (non-hydrogen) atoms. The molecule has 0 aromatic carbocycles. The Labute approximate surface area is 92.2 Å². The number of esters is 1. The van der Waals surface area contributed by atoms with Crippen molar-refractivity contribution in [1.29, 1.82) is 0 Å². The normalized spacial score (nSPS) is 12.2. The van der Waals surface area contributed by atoms with Gasteiger partial charge in [0.15, 0.2) is 5.76 Å². The summed E-state index contributed by atoms with van der Waals surface area (Å²) in [5.41, 5.74) is 0. The fourth-order valence-corrected chi connectivity index (χ4v) is 1.09. The van der Waals surface area contributed by atoms with Crippen molar-refractivity contribution in [3.63, 3.8) is 0 Å². The van der Waals surface area contributed by atoms with E-state index >= 15 is 0 Å². The Hall–Kier alpha value is -1.29. The maximum absolute atomic E-state index is 11.4. The highest BCUT2D eigenvalue weighted by Gasteiger charge is 2.19. The summed E-state index contributed by atoms with van der Waals surface area (Å²) >= 11 is 5.59. The van der Waals surface area contributed by atoms with Crippen molar-refractivity contribution in [3.05, 3.63) is 23.7 Å². The van der Waals surface area contributed by atoms with Gasteiger partial charge in [0.2, 0.25) is 11.5 Å². The van der Waals surface area contributed by atoms with E-state index in [9.17, 15) is 9.59 Å². The number of Topliss-reactive ketones (excluding diaryl/α,β-unsaturated/α-hetero) is 1. The Morgan fingerprint density at radius 2 is 2.07 bits per heavy atom. The van der Waals surface area contributed by atoms with Crippen LogP contribution in [-0.2, 0) is 4.74 Å². The molecule has 0 fully saturated rings.